The first-order valence-electron chi connectivity index (χ1n) is 12.6. The number of ether oxygens (including phenoxy) is 2. The third-order valence-corrected chi connectivity index (χ3v) is 5.82. The third kappa shape index (κ3) is 8.35. The van der Waals surface area contributed by atoms with Gasteiger partial charge in [-0.25, -0.2) is 9.59 Å². The lowest BCUT2D eigenvalue weighted by Gasteiger charge is -2.24. The number of H-pyrrole nitrogens is 1. The van der Waals surface area contributed by atoms with Gasteiger partial charge in [-0.15, -0.1) is 0 Å². The second-order valence-corrected chi connectivity index (χ2v) is 10.2. The van der Waals surface area contributed by atoms with Gasteiger partial charge in [0.15, 0.2) is 0 Å². The molecule has 2 aromatic carbocycles. The Morgan fingerprint density at radius 2 is 1.65 bits per heavy atom. The highest BCUT2D eigenvalue weighted by Gasteiger charge is 2.28. The van der Waals surface area contributed by atoms with E-state index in [-0.39, 0.29) is 24.3 Å². The van der Waals surface area contributed by atoms with E-state index in [9.17, 15) is 24.3 Å². The van der Waals surface area contributed by atoms with E-state index in [0.717, 1.165) is 16.5 Å². The van der Waals surface area contributed by atoms with Crippen LogP contribution in [0.15, 0.2) is 67.0 Å². The zero-order chi connectivity index (χ0) is 29.4. The van der Waals surface area contributed by atoms with Gasteiger partial charge in [0.2, 0.25) is 5.91 Å². The van der Waals surface area contributed by atoms with Crippen molar-refractivity contribution in [1.82, 2.24) is 20.9 Å². The van der Waals surface area contributed by atoms with E-state index in [1.54, 1.807) is 39.1 Å². The molecule has 0 saturated heterocycles. The Kier molecular flexibility index (Phi) is 9.54. The highest BCUT2D eigenvalue weighted by Crippen LogP contribution is 2.20. The summed E-state index contributed by atoms with van der Waals surface area (Å²) in [5, 5.41) is 17.9. The van der Waals surface area contributed by atoms with E-state index in [1.165, 1.54) is 19.2 Å². The first-order chi connectivity index (χ1) is 18.9. The molecular formula is C29H34N4O7. The second kappa shape index (κ2) is 12.8. The maximum atomic E-state index is 13.3. The third-order valence-electron chi connectivity index (χ3n) is 5.82. The van der Waals surface area contributed by atoms with Gasteiger partial charge < -0.3 is 35.5 Å². The van der Waals surface area contributed by atoms with Crippen molar-refractivity contribution in [1.29, 1.82) is 0 Å². The van der Waals surface area contributed by atoms with E-state index in [2.05, 4.69) is 27.5 Å². The topological polar surface area (TPSA) is 159 Å². The normalized spacial score (nSPS) is 12.6. The monoisotopic (exact) mass is 550 g/mol. The van der Waals surface area contributed by atoms with Crippen LogP contribution < -0.4 is 16.0 Å². The predicted octanol–water partition coefficient (Wildman–Crippen LogP) is 2.84. The second-order valence-electron chi connectivity index (χ2n) is 10.2. The zero-order valence-electron chi connectivity index (χ0n) is 22.9. The van der Waals surface area contributed by atoms with E-state index >= 15 is 0 Å². The van der Waals surface area contributed by atoms with Crippen LogP contribution in [0.3, 0.4) is 0 Å². The summed E-state index contributed by atoms with van der Waals surface area (Å²) in [6, 6.07) is 11.4. The maximum Gasteiger partial charge on any atom is 0.408 e. The Hall–Kier alpha value is -4.80. The molecule has 0 radical (unpaired) electrons. The molecule has 0 fully saturated rings. The Bertz CT molecular complexity index is 1390. The number of aromatic nitrogens is 1. The molecule has 11 nitrogen and oxygen atoms in total. The summed E-state index contributed by atoms with van der Waals surface area (Å²) in [7, 11) is 1.19. The largest absolute Gasteiger partial charge is 0.508 e. The number of para-hydroxylation sites is 1. The van der Waals surface area contributed by atoms with Gasteiger partial charge in [-0.3, -0.25) is 9.59 Å². The predicted molar refractivity (Wildman–Crippen MR) is 148 cm³/mol. The lowest BCUT2D eigenvalue weighted by Crippen LogP contribution is -2.51. The van der Waals surface area contributed by atoms with Crippen molar-refractivity contribution in [3.63, 3.8) is 0 Å². The molecule has 3 aromatic rings. The number of esters is 1. The van der Waals surface area contributed by atoms with Crippen LogP contribution in [-0.4, -0.2) is 58.8 Å². The molecule has 0 spiro atoms. The van der Waals surface area contributed by atoms with Crippen molar-refractivity contribution in [3.8, 4) is 5.75 Å². The fourth-order valence-corrected chi connectivity index (χ4v) is 3.92. The highest BCUT2D eigenvalue weighted by atomic mass is 16.6. The molecule has 1 heterocycles. The minimum atomic E-state index is -1.12. The molecule has 11 heteroatoms. The van der Waals surface area contributed by atoms with Crippen LogP contribution in [-0.2, 0) is 36.7 Å². The van der Waals surface area contributed by atoms with Crippen LogP contribution in [0.4, 0.5) is 4.79 Å². The summed E-state index contributed by atoms with van der Waals surface area (Å²) in [5.41, 5.74) is 1.15. The van der Waals surface area contributed by atoms with Gasteiger partial charge in [0, 0.05) is 29.9 Å². The van der Waals surface area contributed by atoms with Gasteiger partial charge >= 0.3 is 12.1 Å². The lowest BCUT2D eigenvalue weighted by atomic mass is 10.0. The number of alkyl carbamates (subject to hydrolysis) is 1. The summed E-state index contributed by atoms with van der Waals surface area (Å²) in [6.07, 6.45) is 1.11. The Labute approximate surface area is 231 Å². The van der Waals surface area contributed by atoms with E-state index < -0.39 is 41.6 Å². The minimum Gasteiger partial charge on any atom is -0.508 e. The highest BCUT2D eigenvalue weighted by molar-refractivity contribution is 6.00. The molecular weight excluding hydrogens is 516 g/mol. The fourth-order valence-electron chi connectivity index (χ4n) is 3.92. The van der Waals surface area contributed by atoms with Gasteiger partial charge in [0.25, 0.3) is 5.91 Å². The molecule has 0 bridgehead atoms. The summed E-state index contributed by atoms with van der Waals surface area (Å²) in [5.74, 6) is -2.17. The maximum absolute atomic E-state index is 13.3. The fraction of sp³-hybridized carbons (Fsp3) is 0.310. The Morgan fingerprint density at radius 3 is 2.30 bits per heavy atom. The molecule has 0 aliphatic carbocycles. The number of hydrogen-bond donors (Lipinski definition) is 5. The van der Waals surface area contributed by atoms with Gasteiger partial charge in [0.05, 0.1) is 12.8 Å². The molecule has 2 atom stereocenters. The zero-order valence-corrected chi connectivity index (χ0v) is 22.9. The van der Waals surface area contributed by atoms with Crippen LogP contribution in [0, 0.1) is 0 Å². The number of aromatic amines is 1. The van der Waals surface area contributed by atoms with Crippen LogP contribution in [0.2, 0.25) is 0 Å². The first kappa shape index (κ1) is 29.8. The number of phenolic OH excluding ortho intramolecular Hbond substituents is 1. The average Bonchev–Trinajstić information content (AvgIpc) is 3.30. The molecule has 0 unspecified atom stereocenters. The van der Waals surface area contributed by atoms with Crippen molar-refractivity contribution >= 4 is 34.8 Å². The smallest absolute Gasteiger partial charge is 0.408 e. The SMILES string of the molecule is C=C(NC(=O)[C@H](Cc1c[nH]c2ccccc12)NC(=O)OC(C)(C)C)C(=O)N[C@@H](Cc1ccc(O)cc1)C(=O)OC. The molecule has 0 aliphatic rings. The Balaban J connectivity index is 1.73. The number of aromatic hydroxyl groups is 1. The molecule has 3 rings (SSSR count). The standard InChI is InChI=1S/C29H34N4O7/c1-17(25(35)32-24(27(37)39-5)14-18-10-12-20(34)13-11-18)31-26(36)23(33-28(38)40-29(2,3)4)15-19-16-30-22-9-7-6-8-21(19)22/h6-13,16,23-24,30,34H,1,14-15H2,2-5H3,(H,31,36)(H,32,35)(H,33,38)/t23-,24-/m0/s1. The van der Waals surface area contributed by atoms with Crippen molar-refractivity contribution in [2.24, 2.45) is 0 Å². The number of benzene rings is 2. The first-order valence-corrected chi connectivity index (χ1v) is 12.6. The van der Waals surface area contributed by atoms with Crippen molar-refractivity contribution < 1.29 is 33.8 Å². The average molecular weight is 551 g/mol. The number of nitrogens with one attached hydrogen (secondary N) is 4. The number of fused-ring (bicyclic) bond motifs is 1. The number of phenols is 1. The summed E-state index contributed by atoms with van der Waals surface area (Å²) >= 11 is 0. The number of hydrogen-bond acceptors (Lipinski definition) is 7. The molecule has 3 amide bonds. The number of amides is 3. The van der Waals surface area contributed by atoms with E-state index in [1.807, 2.05) is 24.3 Å². The molecule has 0 aliphatic heterocycles. The van der Waals surface area contributed by atoms with Gasteiger partial charge in [-0.1, -0.05) is 36.9 Å². The van der Waals surface area contributed by atoms with Crippen molar-refractivity contribution in [2.45, 2.75) is 51.3 Å². The quantitative estimate of drug-likeness (QED) is 0.192. The Morgan fingerprint density at radius 1 is 0.975 bits per heavy atom. The van der Waals surface area contributed by atoms with Crippen LogP contribution >= 0.6 is 0 Å². The van der Waals surface area contributed by atoms with Crippen molar-refractivity contribution in [3.05, 3.63) is 78.1 Å². The lowest BCUT2D eigenvalue weighted by molar-refractivity contribution is -0.144. The molecule has 1 aromatic heterocycles. The number of rotatable bonds is 10. The minimum absolute atomic E-state index is 0.0562. The number of carbonyl (C=O) groups is 4. The van der Waals surface area contributed by atoms with Crippen molar-refractivity contribution in [2.75, 3.05) is 7.11 Å². The summed E-state index contributed by atoms with van der Waals surface area (Å²) < 4.78 is 10.1. The van der Waals surface area contributed by atoms with Crippen LogP contribution in [0.25, 0.3) is 10.9 Å². The van der Waals surface area contributed by atoms with Gasteiger partial charge in [-0.05, 0) is 50.1 Å². The van der Waals surface area contributed by atoms with Crippen LogP contribution in [0.1, 0.15) is 31.9 Å². The molecule has 5 N–H and O–H groups in total. The summed E-state index contributed by atoms with van der Waals surface area (Å²) in [4.78, 5) is 54.2. The molecule has 212 valence electrons. The summed E-state index contributed by atoms with van der Waals surface area (Å²) in [6.45, 7) is 8.73. The number of carbonyl (C=O) groups excluding carboxylic acids is 4. The van der Waals surface area contributed by atoms with E-state index in [0.29, 0.717) is 5.56 Å². The molecule has 40 heavy (non-hydrogen) atoms. The number of methoxy groups -OCH3 is 1. The molecule has 0 saturated carbocycles. The van der Waals surface area contributed by atoms with Gasteiger partial charge in [0.1, 0.15) is 23.4 Å². The van der Waals surface area contributed by atoms with Gasteiger partial charge in [-0.2, -0.15) is 0 Å². The van der Waals surface area contributed by atoms with Crippen LogP contribution in [0.5, 0.6) is 5.75 Å². The van der Waals surface area contributed by atoms with E-state index in [4.69, 9.17) is 9.47 Å².